The molecule has 0 aliphatic heterocycles. The average Bonchev–Trinajstić information content (AvgIpc) is 2.93. The van der Waals surface area contributed by atoms with Crippen LogP contribution in [0.25, 0.3) is 0 Å². The Kier molecular flexibility index (Phi) is 11.0. The van der Waals surface area contributed by atoms with Crippen LogP contribution in [-0.4, -0.2) is 43.8 Å². The topological polar surface area (TPSA) is 86.8 Å². The molecule has 0 aliphatic carbocycles. The lowest BCUT2D eigenvalue weighted by Gasteiger charge is -2.34. The molecule has 2 amide bonds. The van der Waals surface area contributed by atoms with E-state index in [2.05, 4.69) is 5.32 Å². The van der Waals surface area contributed by atoms with Crippen molar-refractivity contribution < 1.29 is 18.0 Å². The van der Waals surface area contributed by atoms with Crippen LogP contribution in [0.3, 0.4) is 0 Å². The van der Waals surface area contributed by atoms with Crippen molar-refractivity contribution in [3.05, 3.63) is 94.0 Å². The molecule has 3 aromatic carbocycles. The van der Waals surface area contributed by atoms with Gasteiger partial charge in [0, 0.05) is 22.6 Å². The van der Waals surface area contributed by atoms with Crippen LogP contribution in [-0.2, 0) is 26.2 Å². The van der Waals surface area contributed by atoms with Crippen molar-refractivity contribution in [3.63, 3.8) is 0 Å². The molecule has 0 bridgehead atoms. The quantitative estimate of drug-likeness (QED) is 0.266. The molecular formula is C30H35Cl2N3O4S. The number of aryl methyl sites for hydroxylation is 1. The van der Waals surface area contributed by atoms with Crippen LogP contribution >= 0.6 is 23.2 Å². The van der Waals surface area contributed by atoms with Gasteiger partial charge in [-0.05, 0) is 80.3 Å². The fraction of sp³-hybridized carbons (Fsp3) is 0.333. The van der Waals surface area contributed by atoms with Gasteiger partial charge in [-0.2, -0.15) is 0 Å². The molecule has 0 fully saturated rings. The van der Waals surface area contributed by atoms with E-state index < -0.39 is 28.5 Å². The van der Waals surface area contributed by atoms with Gasteiger partial charge in [-0.1, -0.05) is 67.4 Å². The van der Waals surface area contributed by atoms with Crippen LogP contribution in [0.2, 0.25) is 10.0 Å². The second-order valence-corrected chi connectivity index (χ2v) is 12.4. The van der Waals surface area contributed by atoms with Crippen molar-refractivity contribution in [3.8, 4) is 0 Å². The number of anilines is 1. The number of halogens is 2. The first-order chi connectivity index (χ1) is 19.0. The molecule has 10 heteroatoms. The normalized spacial score (nSPS) is 12.8. The number of hydrogen-bond acceptors (Lipinski definition) is 4. The number of nitrogens with one attached hydrogen (secondary N) is 1. The predicted octanol–water partition coefficient (Wildman–Crippen LogP) is 6.22. The smallest absolute Gasteiger partial charge is 0.264 e. The summed E-state index contributed by atoms with van der Waals surface area (Å²) in [5, 5.41) is 3.96. The van der Waals surface area contributed by atoms with Crippen molar-refractivity contribution in [2.75, 3.05) is 10.8 Å². The third-order valence-electron chi connectivity index (χ3n) is 6.69. The fourth-order valence-electron chi connectivity index (χ4n) is 4.28. The SMILES string of the molecule is CCC(C)NC(=O)C(CC)N(Cc1ccc(Cl)cc1)C(=O)CN(c1ccc(Cl)cc1C)S(=O)(=O)c1ccccc1. The average molecular weight is 605 g/mol. The van der Waals surface area contributed by atoms with Gasteiger partial charge in [-0.15, -0.1) is 0 Å². The van der Waals surface area contributed by atoms with Gasteiger partial charge < -0.3 is 10.2 Å². The predicted molar refractivity (Wildman–Crippen MR) is 161 cm³/mol. The first kappa shape index (κ1) is 31.5. The van der Waals surface area contributed by atoms with Crippen LogP contribution in [0.1, 0.15) is 44.7 Å². The molecule has 0 saturated carbocycles. The van der Waals surface area contributed by atoms with Crippen LogP contribution in [0.15, 0.2) is 77.7 Å². The van der Waals surface area contributed by atoms with Gasteiger partial charge in [0.25, 0.3) is 10.0 Å². The Labute approximate surface area is 247 Å². The summed E-state index contributed by atoms with van der Waals surface area (Å²) in [6.45, 7) is 7.00. The van der Waals surface area contributed by atoms with Crippen molar-refractivity contribution in [1.82, 2.24) is 10.2 Å². The molecule has 40 heavy (non-hydrogen) atoms. The second kappa shape index (κ2) is 14.0. The van der Waals surface area contributed by atoms with Crippen molar-refractivity contribution in [2.45, 2.75) is 64.1 Å². The van der Waals surface area contributed by atoms with E-state index in [0.717, 1.165) is 16.3 Å². The van der Waals surface area contributed by atoms with Gasteiger partial charge in [0.2, 0.25) is 11.8 Å². The zero-order valence-corrected chi connectivity index (χ0v) is 25.4. The molecule has 2 unspecified atom stereocenters. The molecule has 2 atom stereocenters. The maximum Gasteiger partial charge on any atom is 0.264 e. The zero-order valence-electron chi connectivity index (χ0n) is 23.1. The summed E-state index contributed by atoms with van der Waals surface area (Å²) >= 11 is 12.2. The van der Waals surface area contributed by atoms with E-state index in [0.29, 0.717) is 27.7 Å². The fourth-order valence-corrected chi connectivity index (χ4v) is 6.13. The molecule has 0 aliphatic rings. The van der Waals surface area contributed by atoms with Gasteiger partial charge in [0.1, 0.15) is 12.6 Å². The lowest BCUT2D eigenvalue weighted by Crippen LogP contribution is -2.53. The third kappa shape index (κ3) is 7.77. The number of benzene rings is 3. The molecule has 3 rings (SSSR count). The van der Waals surface area contributed by atoms with Gasteiger partial charge in [-0.3, -0.25) is 13.9 Å². The largest absolute Gasteiger partial charge is 0.352 e. The number of nitrogens with zero attached hydrogens (tertiary/aromatic N) is 2. The highest BCUT2D eigenvalue weighted by Crippen LogP contribution is 2.29. The minimum absolute atomic E-state index is 0.0444. The molecule has 0 spiro atoms. The van der Waals surface area contributed by atoms with Crippen LogP contribution in [0, 0.1) is 6.92 Å². The number of rotatable bonds is 12. The summed E-state index contributed by atoms with van der Waals surface area (Å²) in [6.07, 6.45) is 1.07. The van der Waals surface area contributed by atoms with Crippen LogP contribution in [0.4, 0.5) is 5.69 Å². The Hall–Kier alpha value is -3.07. The minimum Gasteiger partial charge on any atom is -0.352 e. The number of carbonyl (C=O) groups excluding carboxylic acids is 2. The van der Waals surface area contributed by atoms with Gasteiger partial charge in [0.05, 0.1) is 10.6 Å². The van der Waals surface area contributed by atoms with Crippen molar-refractivity contribution in [1.29, 1.82) is 0 Å². The minimum atomic E-state index is -4.15. The maximum atomic E-state index is 14.1. The molecular weight excluding hydrogens is 569 g/mol. The summed E-state index contributed by atoms with van der Waals surface area (Å²) in [4.78, 5) is 28.9. The second-order valence-electron chi connectivity index (χ2n) is 9.65. The van der Waals surface area contributed by atoms with E-state index in [1.54, 1.807) is 67.6 Å². The summed E-state index contributed by atoms with van der Waals surface area (Å²) in [5.41, 5.74) is 1.67. The summed E-state index contributed by atoms with van der Waals surface area (Å²) < 4.78 is 28.9. The molecule has 214 valence electrons. The van der Waals surface area contributed by atoms with Crippen molar-refractivity contribution >= 4 is 50.7 Å². The lowest BCUT2D eigenvalue weighted by molar-refractivity contribution is -0.140. The molecule has 1 N–H and O–H groups in total. The van der Waals surface area contributed by atoms with E-state index in [4.69, 9.17) is 23.2 Å². The number of carbonyl (C=O) groups is 2. The zero-order chi connectivity index (χ0) is 29.4. The molecule has 3 aromatic rings. The highest BCUT2D eigenvalue weighted by molar-refractivity contribution is 7.92. The molecule has 0 saturated heterocycles. The highest BCUT2D eigenvalue weighted by Gasteiger charge is 2.34. The molecule has 0 radical (unpaired) electrons. The first-order valence-corrected chi connectivity index (χ1v) is 15.4. The Bertz CT molecular complexity index is 1420. The van der Waals surface area contributed by atoms with Gasteiger partial charge in [-0.25, -0.2) is 8.42 Å². The maximum absolute atomic E-state index is 14.1. The summed E-state index contributed by atoms with van der Waals surface area (Å²) in [6, 6.07) is 18.8. The first-order valence-electron chi connectivity index (χ1n) is 13.2. The van der Waals surface area contributed by atoms with Gasteiger partial charge >= 0.3 is 0 Å². The van der Waals surface area contributed by atoms with Crippen molar-refractivity contribution in [2.24, 2.45) is 0 Å². The molecule has 0 aromatic heterocycles. The number of hydrogen-bond donors (Lipinski definition) is 1. The standard InChI is InChI=1S/C30H35Cl2N3O4S/c1-5-22(4)33-30(37)27(6-2)34(19-23-12-14-24(31)15-13-23)29(36)20-35(28-17-16-25(32)18-21(28)3)40(38,39)26-10-8-7-9-11-26/h7-18,22,27H,5-6,19-20H2,1-4H3,(H,33,37). The Balaban J connectivity index is 2.07. The van der Waals surface area contributed by atoms with Crippen LogP contribution < -0.4 is 9.62 Å². The lowest BCUT2D eigenvalue weighted by atomic mass is 10.1. The monoisotopic (exact) mass is 603 g/mol. The van der Waals surface area contributed by atoms with Gasteiger partial charge in [0.15, 0.2) is 0 Å². The van der Waals surface area contributed by atoms with E-state index in [-0.39, 0.29) is 23.4 Å². The van der Waals surface area contributed by atoms with E-state index in [9.17, 15) is 18.0 Å². The number of sulfonamides is 1. The van der Waals surface area contributed by atoms with Crippen LogP contribution in [0.5, 0.6) is 0 Å². The van der Waals surface area contributed by atoms with E-state index >= 15 is 0 Å². The molecule has 7 nitrogen and oxygen atoms in total. The molecule has 0 heterocycles. The van der Waals surface area contributed by atoms with E-state index in [1.165, 1.54) is 17.0 Å². The number of amides is 2. The Morgan fingerprint density at radius 3 is 2.10 bits per heavy atom. The third-order valence-corrected chi connectivity index (χ3v) is 8.95. The Morgan fingerprint density at radius 2 is 1.52 bits per heavy atom. The highest BCUT2D eigenvalue weighted by atomic mass is 35.5. The van der Waals surface area contributed by atoms with E-state index in [1.807, 2.05) is 20.8 Å². The Morgan fingerprint density at radius 1 is 0.900 bits per heavy atom. The summed E-state index contributed by atoms with van der Waals surface area (Å²) in [5.74, 6) is -0.811. The summed E-state index contributed by atoms with van der Waals surface area (Å²) in [7, 11) is -4.15.